The van der Waals surface area contributed by atoms with E-state index in [1.54, 1.807) is 0 Å². The third kappa shape index (κ3) is 3.49. The zero-order valence-corrected chi connectivity index (χ0v) is 17.5. The zero-order chi connectivity index (χ0) is 20.0. The number of anilines is 1. The van der Waals surface area contributed by atoms with E-state index in [1.165, 1.54) is 24.0 Å². The summed E-state index contributed by atoms with van der Waals surface area (Å²) in [6.07, 6.45) is 11.1. The maximum Gasteiger partial charge on any atom is 0.254 e. The summed E-state index contributed by atoms with van der Waals surface area (Å²) in [5.41, 5.74) is 5.77. The molecule has 0 unspecified atom stereocenters. The molecule has 1 saturated heterocycles. The normalized spacial score (nSPS) is 27.7. The third-order valence-electron chi connectivity index (χ3n) is 7.49. The highest BCUT2D eigenvalue weighted by Gasteiger charge is 2.39. The monoisotopic (exact) mass is 395 g/mol. The summed E-state index contributed by atoms with van der Waals surface area (Å²) in [5.74, 6) is 0.931. The second-order valence-electron chi connectivity index (χ2n) is 9.48. The molecular formula is C24H33N3O2. The van der Waals surface area contributed by atoms with Crippen molar-refractivity contribution >= 4 is 11.6 Å². The first-order chi connectivity index (χ1) is 14.1. The fourth-order valence-electron chi connectivity index (χ4n) is 5.63. The van der Waals surface area contributed by atoms with E-state index in [9.17, 15) is 9.90 Å². The number of piperidine rings is 1. The van der Waals surface area contributed by atoms with Gasteiger partial charge in [0.1, 0.15) is 0 Å². The van der Waals surface area contributed by atoms with E-state index in [0.29, 0.717) is 6.54 Å². The number of allylic oxidation sites excluding steroid dienone is 1. The molecular weight excluding hydrogens is 362 g/mol. The summed E-state index contributed by atoms with van der Waals surface area (Å²) in [7, 11) is 0. The fraction of sp³-hybridized carbons (Fsp3) is 0.625. The summed E-state index contributed by atoms with van der Waals surface area (Å²) in [6.45, 7) is 6.18. The second kappa shape index (κ2) is 7.77. The Labute approximate surface area is 173 Å². The lowest BCUT2D eigenvalue weighted by atomic mass is 9.91. The smallest absolute Gasteiger partial charge is 0.254 e. The predicted octanol–water partition coefficient (Wildman–Crippen LogP) is 3.66. The average molecular weight is 396 g/mol. The summed E-state index contributed by atoms with van der Waals surface area (Å²) < 4.78 is 0. The van der Waals surface area contributed by atoms with Crippen LogP contribution in [0.25, 0.3) is 0 Å². The molecule has 0 aromatic heterocycles. The molecule has 1 amide bonds. The van der Waals surface area contributed by atoms with Crippen molar-refractivity contribution in [3.8, 4) is 0 Å². The van der Waals surface area contributed by atoms with Crippen LogP contribution >= 0.6 is 0 Å². The number of aliphatic hydroxyl groups excluding tert-OH is 1. The van der Waals surface area contributed by atoms with Crippen LogP contribution in [-0.4, -0.2) is 46.0 Å². The molecule has 0 radical (unpaired) electrons. The van der Waals surface area contributed by atoms with Crippen molar-refractivity contribution in [2.45, 2.75) is 77.1 Å². The molecule has 3 aliphatic heterocycles. The van der Waals surface area contributed by atoms with Crippen molar-refractivity contribution in [1.29, 1.82) is 0 Å². The van der Waals surface area contributed by atoms with Gasteiger partial charge >= 0.3 is 0 Å². The molecule has 2 N–H and O–H groups in total. The predicted molar refractivity (Wildman–Crippen MR) is 115 cm³/mol. The van der Waals surface area contributed by atoms with Crippen LogP contribution in [0.4, 0.5) is 5.69 Å². The van der Waals surface area contributed by atoms with Gasteiger partial charge in [0, 0.05) is 29.9 Å². The van der Waals surface area contributed by atoms with E-state index < -0.39 is 0 Å². The summed E-state index contributed by atoms with van der Waals surface area (Å²) in [4.78, 5) is 17.9. The van der Waals surface area contributed by atoms with Crippen molar-refractivity contribution < 1.29 is 9.90 Å². The number of amides is 1. The molecule has 0 bridgehead atoms. The highest BCUT2D eigenvalue weighted by molar-refractivity contribution is 6.01. The van der Waals surface area contributed by atoms with Gasteiger partial charge in [0.2, 0.25) is 0 Å². The number of aliphatic hydroxyl groups is 1. The highest BCUT2D eigenvalue weighted by Crippen LogP contribution is 2.39. The Morgan fingerprint density at radius 2 is 1.93 bits per heavy atom. The number of rotatable bonds is 3. The van der Waals surface area contributed by atoms with E-state index in [-0.39, 0.29) is 18.1 Å². The maximum atomic E-state index is 13.4. The van der Waals surface area contributed by atoms with Gasteiger partial charge in [0.25, 0.3) is 5.91 Å². The van der Waals surface area contributed by atoms with Crippen molar-refractivity contribution in [1.82, 2.24) is 9.80 Å². The van der Waals surface area contributed by atoms with E-state index in [1.807, 2.05) is 11.1 Å². The van der Waals surface area contributed by atoms with Crippen LogP contribution in [-0.2, 0) is 19.5 Å². The number of hydrogen-bond acceptors (Lipinski definition) is 4. The number of fused-ring (bicyclic) bond motifs is 3. The number of benzene rings is 1. The summed E-state index contributed by atoms with van der Waals surface area (Å²) in [5, 5.41) is 14.0. The van der Waals surface area contributed by atoms with Crippen molar-refractivity contribution in [2.75, 3.05) is 18.4 Å². The first-order valence-electron chi connectivity index (χ1n) is 11.4. The van der Waals surface area contributed by atoms with E-state index >= 15 is 0 Å². The third-order valence-corrected chi connectivity index (χ3v) is 7.49. The largest absolute Gasteiger partial charge is 0.391 e. The number of likely N-dealkylation sites (tertiary alicyclic amines) is 1. The van der Waals surface area contributed by atoms with Crippen LogP contribution in [0.5, 0.6) is 0 Å². The molecule has 5 heteroatoms. The van der Waals surface area contributed by atoms with Gasteiger partial charge < -0.3 is 15.3 Å². The first kappa shape index (κ1) is 19.1. The topological polar surface area (TPSA) is 55.8 Å². The van der Waals surface area contributed by atoms with Crippen molar-refractivity contribution in [2.24, 2.45) is 5.92 Å². The van der Waals surface area contributed by atoms with Crippen LogP contribution in [0.1, 0.15) is 72.5 Å². The zero-order valence-electron chi connectivity index (χ0n) is 17.5. The maximum absolute atomic E-state index is 13.4. The molecule has 5 nitrogen and oxygen atoms in total. The lowest BCUT2D eigenvalue weighted by Gasteiger charge is -2.35. The second-order valence-corrected chi connectivity index (χ2v) is 9.48. The van der Waals surface area contributed by atoms with Crippen molar-refractivity contribution in [3.05, 3.63) is 40.6 Å². The van der Waals surface area contributed by atoms with Gasteiger partial charge in [0.15, 0.2) is 0 Å². The first-order valence-corrected chi connectivity index (χ1v) is 11.4. The van der Waals surface area contributed by atoms with Gasteiger partial charge in [-0.2, -0.15) is 0 Å². The molecule has 1 saturated carbocycles. The Kier molecular flexibility index (Phi) is 5.12. The van der Waals surface area contributed by atoms with Crippen LogP contribution in [0.15, 0.2) is 18.3 Å². The number of hydrogen-bond donors (Lipinski definition) is 2. The minimum Gasteiger partial charge on any atom is -0.391 e. The molecule has 4 aliphatic rings. The molecule has 156 valence electrons. The van der Waals surface area contributed by atoms with E-state index in [2.05, 4.69) is 29.3 Å². The van der Waals surface area contributed by atoms with Crippen LogP contribution < -0.4 is 5.32 Å². The molecule has 1 aliphatic carbocycles. The Morgan fingerprint density at radius 1 is 1.14 bits per heavy atom. The standard InChI is InChI=1S/C24H33N3O2/c1-16-8-11-26(12-9-16)14-17-13-19-20(23-18(17)5-4-10-25-23)15-27(24(19)29)21-6-2-3-7-22(21)28/h4,10,13,16,21-22,25,28H,2-3,5-9,11-12,14-15H2,1H3/t21-,22-/m0/s1. The van der Waals surface area contributed by atoms with Gasteiger partial charge in [-0.25, -0.2) is 0 Å². The number of carbonyl (C=O) groups is 1. The van der Waals surface area contributed by atoms with Crippen LogP contribution in [0.3, 0.4) is 0 Å². The molecule has 3 heterocycles. The molecule has 29 heavy (non-hydrogen) atoms. The Hall–Kier alpha value is -1.85. The minimum absolute atomic E-state index is 0.0366. The quantitative estimate of drug-likeness (QED) is 0.820. The van der Waals surface area contributed by atoms with Crippen molar-refractivity contribution in [3.63, 3.8) is 0 Å². The molecule has 1 aromatic carbocycles. The average Bonchev–Trinajstić information content (AvgIpc) is 3.07. The Morgan fingerprint density at radius 3 is 2.72 bits per heavy atom. The summed E-state index contributed by atoms with van der Waals surface area (Å²) >= 11 is 0. The van der Waals surface area contributed by atoms with Crippen LogP contribution in [0.2, 0.25) is 0 Å². The van der Waals surface area contributed by atoms with Crippen LogP contribution in [0, 0.1) is 5.92 Å². The number of nitrogens with one attached hydrogen (secondary N) is 1. The molecule has 1 aromatic rings. The molecule has 2 atom stereocenters. The SMILES string of the molecule is CC1CCN(Cc2cc3c(c4c2CC=CN4)CN([C@H]2CCCC[C@@H]2O)C3=O)CC1. The summed E-state index contributed by atoms with van der Waals surface area (Å²) in [6, 6.07) is 2.13. The lowest BCUT2D eigenvalue weighted by molar-refractivity contribution is 0.0191. The molecule has 2 fully saturated rings. The number of carbonyl (C=O) groups excluding carboxylic acids is 1. The van der Waals surface area contributed by atoms with E-state index in [4.69, 9.17) is 0 Å². The van der Waals surface area contributed by atoms with Gasteiger partial charge in [-0.1, -0.05) is 25.8 Å². The van der Waals surface area contributed by atoms with E-state index in [0.717, 1.165) is 74.5 Å². The Balaban J connectivity index is 1.46. The van der Waals surface area contributed by atoms with Gasteiger partial charge in [-0.3, -0.25) is 9.69 Å². The van der Waals surface area contributed by atoms with Gasteiger partial charge in [-0.15, -0.1) is 0 Å². The van der Waals surface area contributed by atoms with Gasteiger partial charge in [0.05, 0.1) is 12.1 Å². The lowest BCUT2D eigenvalue weighted by Crippen LogP contribution is -2.45. The Bertz CT molecular complexity index is 826. The fourth-order valence-corrected chi connectivity index (χ4v) is 5.63. The molecule has 0 spiro atoms. The molecule has 5 rings (SSSR count). The van der Waals surface area contributed by atoms with Gasteiger partial charge in [-0.05, 0) is 74.5 Å². The highest BCUT2D eigenvalue weighted by atomic mass is 16.3. The number of nitrogens with zero attached hydrogens (tertiary/aromatic N) is 2. The minimum atomic E-state index is -0.388.